The molecule has 1 aliphatic carbocycles. The fourth-order valence-corrected chi connectivity index (χ4v) is 2.47. The topological polar surface area (TPSA) is 97.8 Å². The lowest BCUT2D eigenvalue weighted by atomic mass is 9.89. The number of likely N-dealkylation sites (N-methyl/N-ethyl adjacent to an activating group) is 1. The highest BCUT2D eigenvalue weighted by molar-refractivity contribution is 6.33. The van der Waals surface area contributed by atoms with Gasteiger partial charge in [0.1, 0.15) is 5.57 Å². The molecule has 2 aliphatic rings. The summed E-state index contributed by atoms with van der Waals surface area (Å²) in [6.45, 7) is 0. The standard InChI is InChI=1S/C16H11NO6/c1-17-13(19)7-12(15(17)21)23-16(22)10-6-11(18)8-4-2-3-5-9(8)14(10)20/h2-6,12H,7H2,1H3/t12-/m0/s1. The monoisotopic (exact) mass is 313 g/mol. The molecule has 116 valence electrons. The molecule has 0 aromatic heterocycles. The number of amides is 2. The fraction of sp³-hybridized carbons (Fsp3) is 0.188. The molecule has 2 amide bonds. The Morgan fingerprint density at radius 1 is 1.13 bits per heavy atom. The summed E-state index contributed by atoms with van der Waals surface area (Å²) in [5.74, 6) is -3.34. The van der Waals surface area contributed by atoms with Crippen LogP contribution in [0.2, 0.25) is 0 Å². The predicted molar refractivity (Wildman–Crippen MR) is 75.5 cm³/mol. The van der Waals surface area contributed by atoms with Crippen LogP contribution in [0.5, 0.6) is 0 Å². The molecule has 1 aromatic rings. The van der Waals surface area contributed by atoms with Gasteiger partial charge in [0, 0.05) is 24.3 Å². The van der Waals surface area contributed by atoms with Crippen LogP contribution in [0.3, 0.4) is 0 Å². The normalized spacial score (nSPS) is 20.5. The number of carbonyl (C=O) groups excluding carboxylic acids is 5. The molecule has 1 heterocycles. The van der Waals surface area contributed by atoms with Crippen LogP contribution in [0.25, 0.3) is 0 Å². The zero-order valence-electron chi connectivity index (χ0n) is 12.1. The Kier molecular flexibility index (Phi) is 3.40. The van der Waals surface area contributed by atoms with Crippen LogP contribution in [0.1, 0.15) is 27.1 Å². The maximum atomic E-state index is 12.3. The Morgan fingerprint density at radius 3 is 2.39 bits per heavy atom. The summed E-state index contributed by atoms with van der Waals surface area (Å²) in [6, 6.07) is 6.11. The molecular weight excluding hydrogens is 302 g/mol. The first-order valence-electron chi connectivity index (χ1n) is 6.81. The Bertz CT molecular complexity index is 807. The summed E-state index contributed by atoms with van der Waals surface area (Å²) in [5, 5.41) is 0. The molecule has 0 unspecified atom stereocenters. The van der Waals surface area contributed by atoms with Crippen molar-refractivity contribution in [3.05, 3.63) is 47.0 Å². The molecule has 0 bridgehead atoms. The molecule has 1 aromatic carbocycles. The molecule has 1 aliphatic heterocycles. The average Bonchev–Trinajstić information content (AvgIpc) is 2.78. The van der Waals surface area contributed by atoms with E-state index in [9.17, 15) is 24.0 Å². The smallest absolute Gasteiger partial charge is 0.343 e. The third-order valence-electron chi connectivity index (χ3n) is 3.77. The zero-order valence-corrected chi connectivity index (χ0v) is 12.1. The maximum Gasteiger partial charge on any atom is 0.343 e. The van der Waals surface area contributed by atoms with Crippen molar-refractivity contribution in [1.29, 1.82) is 0 Å². The van der Waals surface area contributed by atoms with Crippen LogP contribution in [0.4, 0.5) is 0 Å². The lowest BCUT2D eigenvalue weighted by Crippen LogP contribution is -2.32. The number of rotatable bonds is 2. The largest absolute Gasteiger partial charge is 0.448 e. The van der Waals surface area contributed by atoms with Gasteiger partial charge in [-0.05, 0) is 0 Å². The molecule has 7 nitrogen and oxygen atoms in total. The van der Waals surface area contributed by atoms with E-state index in [1.807, 2.05) is 0 Å². The summed E-state index contributed by atoms with van der Waals surface area (Å²) in [4.78, 5) is 60.4. The van der Waals surface area contributed by atoms with E-state index in [0.29, 0.717) is 0 Å². The van der Waals surface area contributed by atoms with Gasteiger partial charge in [-0.15, -0.1) is 0 Å². The molecule has 0 radical (unpaired) electrons. The summed E-state index contributed by atoms with van der Waals surface area (Å²) in [7, 11) is 1.28. The van der Waals surface area contributed by atoms with Gasteiger partial charge >= 0.3 is 5.97 Å². The van der Waals surface area contributed by atoms with E-state index < -0.39 is 41.0 Å². The minimum atomic E-state index is -1.26. The lowest BCUT2D eigenvalue weighted by Gasteiger charge is -2.15. The van der Waals surface area contributed by atoms with Crippen molar-refractivity contribution in [3.63, 3.8) is 0 Å². The number of Topliss-reactive ketones (excluding diaryl/α,β-unsaturated/α-hetero) is 1. The molecule has 7 heteroatoms. The van der Waals surface area contributed by atoms with Crippen molar-refractivity contribution in [2.24, 2.45) is 0 Å². The molecule has 3 rings (SSSR count). The number of carbonyl (C=O) groups is 5. The van der Waals surface area contributed by atoms with E-state index in [4.69, 9.17) is 4.74 Å². The number of hydrogen-bond donors (Lipinski definition) is 0. The van der Waals surface area contributed by atoms with E-state index in [0.717, 1.165) is 11.0 Å². The number of imide groups is 1. The van der Waals surface area contributed by atoms with Crippen LogP contribution in [-0.2, 0) is 19.1 Å². The average molecular weight is 313 g/mol. The van der Waals surface area contributed by atoms with Gasteiger partial charge in [0.15, 0.2) is 11.9 Å². The third kappa shape index (κ3) is 2.36. The van der Waals surface area contributed by atoms with Crippen molar-refractivity contribution in [2.45, 2.75) is 12.5 Å². The second-order valence-electron chi connectivity index (χ2n) is 5.19. The summed E-state index contributed by atoms with van der Waals surface area (Å²) in [6.07, 6.45) is -0.633. The Morgan fingerprint density at radius 2 is 1.78 bits per heavy atom. The molecule has 1 atom stereocenters. The van der Waals surface area contributed by atoms with Gasteiger partial charge in [-0.1, -0.05) is 24.3 Å². The van der Waals surface area contributed by atoms with Crippen LogP contribution in [0, 0.1) is 0 Å². The van der Waals surface area contributed by atoms with Gasteiger partial charge in [0.05, 0.1) is 6.42 Å². The van der Waals surface area contributed by atoms with Crippen molar-refractivity contribution in [1.82, 2.24) is 4.90 Å². The first-order valence-corrected chi connectivity index (χ1v) is 6.81. The molecule has 1 saturated heterocycles. The van der Waals surface area contributed by atoms with E-state index in [1.165, 1.54) is 19.2 Å². The molecular formula is C16H11NO6. The van der Waals surface area contributed by atoms with E-state index in [2.05, 4.69) is 0 Å². The van der Waals surface area contributed by atoms with Crippen LogP contribution >= 0.6 is 0 Å². The predicted octanol–water partition coefficient (Wildman–Crippen LogP) is 0.292. The van der Waals surface area contributed by atoms with Gasteiger partial charge < -0.3 is 4.74 Å². The zero-order chi connectivity index (χ0) is 16.7. The van der Waals surface area contributed by atoms with Crippen molar-refractivity contribution in [2.75, 3.05) is 7.05 Å². The summed E-state index contributed by atoms with van der Waals surface area (Å²) in [5.41, 5.74) is -0.123. The van der Waals surface area contributed by atoms with Crippen molar-refractivity contribution in [3.8, 4) is 0 Å². The Balaban J connectivity index is 1.84. The van der Waals surface area contributed by atoms with Gasteiger partial charge in [-0.2, -0.15) is 0 Å². The van der Waals surface area contributed by atoms with Crippen LogP contribution in [0.15, 0.2) is 35.9 Å². The van der Waals surface area contributed by atoms with Crippen LogP contribution in [-0.4, -0.2) is 47.4 Å². The van der Waals surface area contributed by atoms with Gasteiger partial charge in [-0.3, -0.25) is 24.1 Å². The molecule has 1 fully saturated rings. The Labute approximate surface area is 130 Å². The molecule has 23 heavy (non-hydrogen) atoms. The van der Waals surface area contributed by atoms with E-state index >= 15 is 0 Å². The van der Waals surface area contributed by atoms with Gasteiger partial charge in [0.2, 0.25) is 11.7 Å². The van der Waals surface area contributed by atoms with Gasteiger partial charge in [-0.25, -0.2) is 4.79 Å². The number of allylic oxidation sites excluding steroid dienone is 1. The fourth-order valence-electron chi connectivity index (χ4n) is 2.47. The van der Waals surface area contributed by atoms with Crippen LogP contribution < -0.4 is 0 Å². The number of benzene rings is 1. The maximum absolute atomic E-state index is 12.3. The number of ketones is 2. The van der Waals surface area contributed by atoms with E-state index in [-0.39, 0.29) is 17.5 Å². The Hall–Kier alpha value is -3.09. The quantitative estimate of drug-likeness (QED) is 0.442. The molecule has 0 saturated carbocycles. The SMILES string of the molecule is CN1C(=O)C[C@H](OC(=O)C2=CC(=O)c3ccccc3C2=O)C1=O. The number of ether oxygens (including phenoxy) is 1. The first-order chi connectivity index (χ1) is 10.9. The number of hydrogen-bond acceptors (Lipinski definition) is 6. The number of esters is 1. The highest BCUT2D eigenvalue weighted by Crippen LogP contribution is 2.23. The first kappa shape index (κ1) is 14.8. The second kappa shape index (κ2) is 5.28. The molecule has 0 N–H and O–H groups in total. The lowest BCUT2D eigenvalue weighted by molar-refractivity contribution is -0.152. The molecule has 0 spiro atoms. The highest BCUT2D eigenvalue weighted by atomic mass is 16.5. The number of likely N-dealkylation sites (tertiary alicyclic amines) is 1. The van der Waals surface area contributed by atoms with E-state index in [1.54, 1.807) is 12.1 Å². The second-order valence-corrected chi connectivity index (χ2v) is 5.19. The minimum absolute atomic E-state index is 0.109. The highest BCUT2D eigenvalue weighted by Gasteiger charge is 2.40. The summed E-state index contributed by atoms with van der Waals surface area (Å²) < 4.78 is 4.95. The number of nitrogens with zero attached hydrogens (tertiary/aromatic N) is 1. The van der Waals surface area contributed by atoms with Gasteiger partial charge in [0.25, 0.3) is 5.91 Å². The third-order valence-corrected chi connectivity index (χ3v) is 3.77. The number of fused-ring (bicyclic) bond motifs is 1. The summed E-state index contributed by atoms with van der Waals surface area (Å²) >= 11 is 0. The van der Waals surface area contributed by atoms with Crippen molar-refractivity contribution < 1.29 is 28.7 Å². The van der Waals surface area contributed by atoms with Crippen molar-refractivity contribution >= 4 is 29.4 Å². The minimum Gasteiger partial charge on any atom is -0.448 e.